The minimum absolute atomic E-state index is 0.279. The summed E-state index contributed by atoms with van der Waals surface area (Å²) in [6.45, 7) is 4.09. The van der Waals surface area contributed by atoms with Crippen molar-refractivity contribution in [2.75, 3.05) is 6.54 Å². The fourth-order valence-electron chi connectivity index (χ4n) is 1.94. The van der Waals surface area contributed by atoms with E-state index in [0.29, 0.717) is 0 Å². The van der Waals surface area contributed by atoms with E-state index < -0.39 is 0 Å². The van der Waals surface area contributed by atoms with Gasteiger partial charge in [0, 0.05) is 30.0 Å². The Balaban J connectivity index is 1.75. The predicted octanol–water partition coefficient (Wildman–Crippen LogP) is 3.28. The molecule has 0 fully saturated rings. The van der Waals surface area contributed by atoms with Crippen molar-refractivity contribution in [1.29, 1.82) is 0 Å². The van der Waals surface area contributed by atoms with Gasteiger partial charge in [-0.3, -0.25) is 0 Å². The summed E-state index contributed by atoms with van der Waals surface area (Å²) in [5, 5.41) is 4.31. The van der Waals surface area contributed by atoms with Gasteiger partial charge < -0.3 is 9.88 Å². The van der Waals surface area contributed by atoms with E-state index in [1.807, 2.05) is 30.7 Å². The molecule has 1 N–H and O–H groups in total. The van der Waals surface area contributed by atoms with Crippen LogP contribution in [0.5, 0.6) is 0 Å². The van der Waals surface area contributed by atoms with Crippen LogP contribution in [0.3, 0.4) is 0 Å². The maximum atomic E-state index is 6.16. The van der Waals surface area contributed by atoms with Crippen LogP contribution in [0.15, 0.2) is 43.0 Å². The Hall–Kier alpha value is -1.32. The van der Waals surface area contributed by atoms with E-state index >= 15 is 0 Å². The number of nitrogens with zero attached hydrogens (tertiary/aromatic N) is 2. The summed E-state index contributed by atoms with van der Waals surface area (Å²) in [5.74, 6) is 0. The van der Waals surface area contributed by atoms with E-state index in [0.717, 1.165) is 30.1 Å². The molecule has 1 unspecified atom stereocenters. The van der Waals surface area contributed by atoms with Gasteiger partial charge >= 0.3 is 0 Å². The first-order valence-corrected chi connectivity index (χ1v) is 6.58. The molecule has 1 heterocycles. The summed E-state index contributed by atoms with van der Waals surface area (Å²) in [5.41, 5.74) is 1.15. The maximum Gasteiger partial charge on any atom is 0.0945 e. The summed E-state index contributed by atoms with van der Waals surface area (Å²) in [4.78, 5) is 4.02. The van der Waals surface area contributed by atoms with Crippen LogP contribution >= 0.6 is 11.6 Å². The molecule has 3 nitrogen and oxygen atoms in total. The van der Waals surface area contributed by atoms with Crippen LogP contribution in [0.25, 0.3) is 0 Å². The van der Waals surface area contributed by atoms with E-state index in [1.165, 1.54) is 0 Å². The zero-order chi connectivity index (χ0) is 12.8. The summed E-state index contributed by atoms with van der Waals surface area (Å²) in [6.07, 6.45) is 6.71. The predicted molar refractivity (Wildman–Crippen MR) is 74.7 cm³/mol. The van der Waals surface area contributed by atoms with Gasteiger partial charge in [0.15, 0.2) is 0 Å². The number of benzene rings is 1. The Morgan fingerprint density at radius 1 is 1.39 bits per heavy atom. The number of imidazole rings is 1. The van der Waals surface area contributed by atoms with Gasteiger partial charge in [-0.2, -0.15) is 0 Å². The normalized spacial score (nSPS) is 12.6. The van der Waals surface area contributed by atoms with Crippen molar-refractivity contribution >= 4 is 11.6 Å². The molecular weight excluding hydrogens is 246 g/mol. The molecule has 2 rings (SSSR count). The number of hydrogen-bond acceptors (Lipinski definition) is 2. The first-order valence-electron chi connectivity index (χ1n) is 6.21. The lowest BCUT2D eigenvalue weighted by Gasteiger charge is -2.15. The highest BCUT2D eigenvalue weighted by molar-refractivity contribution is 6.31. The molecule has 1 aromatic heterocycles. The van der Waals surface area contributed by atoms with Crippen LogP contribution in [0.4, 0.5) is 0 Å². The molecule has 4 heteroatoms. The molecule has 1 aromatic carbocycles. The quantitative estimate of drug-likeness (QED) is 0.811. The minimum Gasteiger partial charge on any atom is -0.337 e. The lowest BCUT2D eigenvalue weighted by Crippen LogP contribution is -2.21. The molecule has 2 aromatic rings. The van der Waals surface area contributed by atoms with Crippen LogP contribution in [-0.2, 0) is 6.54 Å². The van der Waals surface area contributed by atoms with Gasteiger partial charge in [-0.05, 0) is 31.5 Å². The Labute approximate surface area is 113 Å². The van der Waals surface area contributed by atoms with Gasteiger partial charge in [0.2, 0.25) is 0 Å². The van der Waals surface area contributed by atoms with Crippen molar-refractivity contribution in [3.8, 4) is 0 Å². The van der Waals surface area contributed by atoms with E-state index in [9.17, 15) is 0 Å². The van der Waals surface area contributed by atoms with Crippen molar-refractivity contribution < 1.29 is 0 Å². The molecular formula is C14H18ClN3. The van der Waals surface area contributed by atoms with Crippen LogP contribution in [-0.4, -0.2) is 16.1 Å². The first kappa shape index (κ1) is 13.1. The van der Waals surface area contributed by atoms with Gasteiger partial charge in [-0.15, -0.1) is 0 Å². The fourth-order valence-corrected chi connectivity index (χ4v) is 2.23. The molecule has 0 aliphatic heterocycles. The molecule has 0 aliphatic rings. The summed E-state index contributed by atoms with van der Waals surface area (Å²) in [7, 11) is 0. The monoisotopic (exact) mass is 263 g/mol. The zero-order valence-corrected chi connectivity index (χ0v) is 11.3. The second-order valence-electron chi connectivity index (χ2n) is 4.35. The Morgan fingerprint density at radius 3 is 2.94 bits per heavy atom. The molecule has 0 bridgehead atoms. The third kappa shape index (κ3) is 3.59. The van der Waals surface area contributed by atoms with E-state index in [-0.39, 0.29) is 6.04 Å². The molecule has 0 amide bonds. The summed E-state index contributed by atoms with van der Waals surface area (Å²) < 4.78 is 2.09. The highest BCUT2D eigenvalue weighted by Gasteiger charge is 2.07. The molecule has 0 saturated carbocycles. The average Bonchev–Trinajstić information content (AvgIpc) is 2.88. The van der Waals surface area contributed by atoms with Crippen LogP contribution < -0.4 is 5.32 Å². The van der Waals surface area contributed by atoms with Crippen molar-refractivity contribution in [3.05, 3.63) is 53.6 Å². The van der Waals surface area contributed by atoms with Crippen LogP contribution in [0.2, 0.25) is 5.02 Å². The van der Waals surface area contributed by atoms with Crippen LogP contribution in [0.1, 0.15) is 24.9 Å². The third-order valence-corrected chi connectivity index (χ3v) is 3.32. The molecule has 18 heavy (non-hydrogen) atoms. The largest absolute Gasteiger partial charge is 0.337 e. The fraction of sp³-hybridized carbons (Fsp3) is 0.357. The number of aromatic nitrogens is 2. The van der Waals surface area contributed by atoms with Gasteiger partial charge in [0.25, 0.3) is 0 Å². The molecule has 1 atom stereocenters. The maximum absolute atomic E-state index is 6.16. The highest BCUT2D eigenvalue weighted by Crippen LogP contribution is 2.21. The first-order chi connectivity index (χ1) is 8.77. The van der Waals surface area contributed by atoms with Crippen molar-refractivity contribution in [1.82, 2.24) is 14.9 Å². The lowest BCUT2D eigenvalue weighted by molar-refractivity contribution is 0.527. The van der Waals surface area contributed by atoms with Gasteiger partial charge in [-0.25, -0.2) is 4.98 Å². The second kappa shape index (κ2) is 6.57. The molecule has 96 valence electrons. The van der Waals surface area contributed by atoms with Crippen molar-refractivity contribution in [2.45, 2.75) is 25.9 Å². The van der Waals surface area contributed by atoms with Gasteiger partial charge in [0.1, 0.15) is 0 Å². The number of rotatable bonds is 6. The Kier molecular flexibility index (Phi) is 4.79. The van der Waals surface area contributed by atoms with Crippen molar-refractivity contribution in [3.63, 3.8) is 0 Å². The highest BCUT2D eigenvalue weighted by atomic mass is 35.5. The number of hydrogen-bond donors (Lipinski definition) is 1. The molecule has 0 aliphatic carbocycles. The topological polar surface area (TPSA) is 29.9 Å². The summed E-state index contributed by atoms with van der Waals surface area (Å²) >= 11 is 6.16. The van der Waals surface area contributed by atoms with Gasteiger partial charge in [-0.1, -0.05) is 29.8 Å². The van der Waals surface area contributed by atoms with E-state index in [4.69, 9.17) is 11.6 Å². The molecule has 0 saturated heterocycles. The lowest BCUT2D eigenvalue weighted by atomic mass is 10.1. The summed E-state index contributed by atoms with van der Waals surface area (Å²) in [6, 6.07) is 8.25. The van der Waals surface area contributed by atoms with E-state index in [1.54, 1.807) is 6.20 Å². The second-order valence-corrected chi connectivity index (χ2v) is 4.76. The number of aryl methyl sites for hydroxylation is 1. The smallest absolute Gasteiger partial charge is 0.0945 e. The molecule has 0 spiro atoms. The standard InChI is InChI=1S/C14H18ClN3/c1-12(13-5-2-3-6-14(13)15)17-7-4-9-18-10-8-16-11-18/h2-3,5-6,8,10-12,17H,4,7,9H2,1H3. The Bertz CT molecular complexity index is 468. The zero-order valence-electron chi connectivity index (χ0n) is 10.5. The molecule has 0 radical (unpaired) electrons. The Morgan fingerprint density at radius 2 is 2.22 bits per heavy atom. The number of nitrogens with one attached hydrogen (secondary N) is 1. The van der Waals surface area contributed by atoms with Crippen molar-refractivity contribution in [2.24, 2.45) is 0 Å². The SMILES string of the molecule is CC(NCCCn1ccnc1)c1ccccc1Cl. The van der Waals surface area contributed by atoms with Gasteiger partial charge in [0.05, 0.1) is 6.33 Å². The van der Waals surface area contributed by atoms with Crippen LogP contribution in [0, 0.1) is 0 Å². The van der Waals surface area contributed by atoms with E-state index in [2.05, 4.69) is 27.9 Å². The minimum atomic E-state index is 0.279. The number of halogens is 1. The average molecular weight is 264 g/mol. The third-order valence-electron chi connectivity index (χ3n) is 2.97.